The van der Waals surface area contributed by atoms with Crippen LogP contribution in [0.4, 0.5) is 13.2 Å². The van der Waals surface area contributed by atoms with Crippen LogP contribution in [0, 0.1) is 62.7 Å². The van der Waals surface area contributed by atoms with Crippen LogP contribution < -0.4 is 0 Å². The lowest BCUT2D eigenvalue weighted by atomic mass is 9.31. The van der Waals surface area contributed by atoms with Crippen molar-refractivity contribution in [2.45, 2.75) is 112 Å². The molecule has 0 aliphatic heterocycles. The van der Waals surface area contributed by atoms with Crippen molar-refractivity contribution in [1.29, 1.82) is 0 Å². The minimum absolute atomic E-state index is 0.00964. The van der Waals surface area contributed by atoms with E-state index in [1.165, 1.54) is 0 Å². The van der Waals surface area contributed by atoms with Crippen LogP contribution in [0.1, 0.15) is 99.8 Å². The molecule has 41 heavy (non-hydrogen) atoms. The number of rotatable bonds is 2. The lowest BCUT2D eigenvalue weighted by molar-refractivity contribution is -0.263. The summed E-state index contributed by atoms with van der Waals surface area (Å²) in [5, 5.41) is 12.1. The number of hydrogen-bond donors (Lipinski definition) is 1. The summed E-state index contributed by atoms with van der Waals surface area (Å²) in [5.41, 5.74) is -2.76. The highest BCUT2D eigenvalue weighted by molar-refractivity contribution is 6.02. The molecule has 5 aliphatic carbocycles. The number of allylic oxidation sites excluding steroid dienone is 2. The molecule has 1 N–H and O–H groups in total. The van der Waals surface area contributed by atoms with E-state index in [0.717, 1.165) is 19.3 Å². The number of nitrogens with zero attached hydrogens (tertiary/aromatic N) is 1. The molecular formula is C33H46F3NO4. The Kier molecular flexibility index (Phi) is 6.76. The molecule has 5 nitrogen and oxygen atoms in total. The first-order valence-corrected chi connectivity index (χ1v) is 15.3. The normalized spacial score (nSPS) is 46.5. The zero-order valence-electron chi connectivity index (χ0n) is 25.6. The fraction of sp³-hybridized carbons (Fsp3) is 0.848. The molecule has 228 valence electrons. The molecule has 0 unspecified atom stereocenters. The smallest absolute Gasteiger partial charge is 0.422 e. The summed E-state index contributed by atoms with van der Waals surface area (Å²) in [6, 6.07) is 0. The third-order valence-corrected chi connectivity index (χ3v) is 13.4. The van der Waals surface area contributed by atoms with Crippen molar-refractivity contribution in [2.75, 3.05) is 6.61 Å². The van der Waals surface area contributed by atoms with Crippen molar-refractivity contribution in [3.05, 3.63) is 23.2 Å². The fourth-order valence-corrected chi connectivity index (χ4v) is 11.2. The van der Waals surface area contributed by atoms with E-state index in [0.29, 0.717) is 32.1 Å². The topological polar surface area (TPSA) is 68.0 Å². The van der Waals surface area contributed by atoms with E-state index in [1.54, 1.807) is 0 Å². The molecule has 8 heteroatoms. The predicted molar refractivity (Wildman–Crippen MR) is 148 cm³/mol. The van der Waals surface area contributed by atoms with E-state index in [9.17, 15) is 27.9 Å². The Morgan fingerprint density at radius 3 is 2.27 bits per heavy atom. The summed E-state index contributed by atoms with van der Waals surface area (Å²) in [5.74, 6) is -1.38. The Morgan fingerprint density at radius 1 is 1.02 bits per heavy atom. The van der Waals surface area contributed by atoms with Crippen molar-refractivity contribution in [3.63, 3.8) is 0 Å². The Morgan fingerprint density at radius 2 is 1.66 bits per heavy atom. The largest absolute Gasteiger partial charge is 0.456 e. The number of aliphatic hydroxyl groups excluding tert-OH is 1. The first-order chi connectivity index (χ1) is 18.7. The molecule has 0 heterocycles. The van der Waals surface area contributed by atoms with Crippen molar-refractivity contribution in [3.8, 4) is 0 Å². The van der Waals surface area contributed by atoms with E-state index in [-0.39, 0.29) is 51.4 Å². The van der Waals surface area contributed by atoms with Gasteiger partial charge in [0, 0.05) is 5.41 Å². The first kappa shape index (κ1) is 30.6. The van der Waals surface area contributed by atoms with Gasteiger partial charge < -0.3 is 14.6 Å². The molecule has 5 rings (SSSR count). The number of ether oxygens (including phenoxy) is 1. The van der Waals surface area contributed by atoms with E-state index in [2.05, 4.69) is 39.5 Å². The summed E-state index contributed by atoms with van der Waals surface area (Å²) < 4.78 is 44.3. The Balaban J connectivity index is 1.59. The molecule has 0 spiro atoms. The van der Waals surface area contributed by atoms with Crippen LogP contribution in [0.3, 0.4) is 0 Å². The lowest BCUT2D eigenvalue weighted by Crippen LogP contribution is -2.70. The fourth-order valence-electron chi connectivity index (χ4n) is 11.2. The van der Waals surface area contributed by atoms with Crippen LogP contribution in [0.15, 0.2) is 11.8 Å². The number of aliphatic hydroxyl groups is 1. The first-order valence-electron chi connectivity index (χ1n) is 15.3. The molecule has 0 bridgehead atoms. The molecule has 0 radical (unpaired) electrons. The Labute approximate surface area is 242 Å². The number of Topliss-reactive ketones (excluding diaryl/α,β-unsaturated/α-hetero) is 1. The number of ketones is 1. The molecule has 0 aromatic heterocycles. The second-order valence-electron chi connectivity index (χ2n) is 16.2. The minimum Gasteiger partial charge on any atom is -0.456 e. The van der Waals surface area contributed by atoms with Gasteiger partial charge in [-0.15, -0.1) is 0 Å². The highest BCUT2D eigenvalue weighted by Crippen LogP contribution is 2.76. The van der Waals surface area contributed by atoms with Crippen LogP contribution in [0.2, 0.25) is 0 Å². The van der Waals surface area contributed by atoms with Gasteiger partial charge in [0.1, 0.15) is 0 Å². The lowest BCUT2D eigenvalue weighted by Gasteiger charge is -2.73. The molecule has 0 amide bonds. The number of carbonyl (C=O) groups is 2. The molecule has 0 saturated heterocycles. The monoisotopic (exact) mass is 577 g/mol. The summed E-state index contributed by atoms with van der Waals surface area (Å²) in [6.45, 7) is 21.1. The molecule has 9 atom stereocenters. The third kappa shape index (κ3) is 4.18. The highest BCUT2D eigenvalue weighted by atomic mass is 19.4. The van der Waals surface area contributed by atoms with Gasteiger partial charge in [-0.05, 0) is 96.7 Å². The number of hydrogen-bond acceptors (Lipinski definition) is 4. The van der Waals surface area contributed by atoms with Crippen molar-refractivity contribution in [1.82, 2.24) is 0 Å². The molecule has 0 aromatic carbocycles. The highest BCUT2D eigenvalue weighted by Gasteiger charge is 2.73. The van der Waals surface area contributed by atoms with Gasteiger partial charge in [-0.25, -0.2) is 4.85 Å². The zero-order chi connectivity index (χ0) is 30.6. The molecular weight excluding hydrogens is 531 g/mol. The van der Waals surface area contributed by atoms with E-state index in [1.807, 2.05) is 19.9 Å². The number of esters is 1. The summed E-state index contributed by atoms with van der Waals surface area (Å²) in [6.07, 6.45) is 1.60. The molecule has 4 fully saturated rings. The van der Waals surface area contributed by atoms with Gasteiger partial charge in [-0.1, -0.05) is 54.5 Å². The summed E-state index contributed by atoms with van der Waals surface area (Å²) in [7, 11) is 0. The summed E-state index contributed by atoms with van der Waals surface area (Å²) in [4.78, 5) is 30.5. The zero-order valence-corrected chi connectivity index (χ0v) is 25.6. The number of halogens is 3. The second-order valence-corrected chi connectivity index (χ2v) is 16.2. The number of carbonyl (C=O) groups excluding carboxylic acids is 2. The predicted octanol–water partition coefficient (Wildman–Crippen LogP) is 7.54. The van der Waals surface area contributed by atoms with Gasteiger partial charge in [-0.3, -0.25) is 4.79 Å². The summed E-state index contributed by atoms with van der Waals surface area (Å²) >= 11 is 0. The maximum atomic E-state index is 13.6. The van der Waals surface area contributed by atoms with Crippen LogP contribution in [-0.4, -0.2) is 35.7 Å². The van der Waals surface area contributed by atoms with Crippen LogP contribution >= 0.6 is 0 Å². The third-order valence-electron chi connectivity index (χ3n) is 13.4. The Bertz CT molecular complexity index is 1220. The maximum Gasteiger partial charge on any atom is 0.422 e. The minimum atomic E-state index is -4.59. The van der Waals surface area contributed by atoms with E-state index in [4.69, 9.17) is 11.3 Å². The maximum absolute atomic E-state index is 13.6. The average molecular weight is 578 g/mol. The van der Waals surface area contributed by atoms with Gasteiger partial charge in [0.15, 0.2) is 12.4 Å². The van der Waals surface area contributed by atoms with Crippen LogP contribution in [-0.2, 0) is 14.3 Å². The average Bonchev–Trinajstić information content (AvgIpc) is 2.85. The van der Waals surface area contributed by atoms with Crippen molar-refractivity contribution in [2.24, 2.45) is 56.2 Å². The second kappa shape index (κ2) is 9.07. The van der Waals surface area contributed by atoms with E-state index >= 15 is 0 Å². The SMILES string of the molecule is [C-]#[N+]C1=C[C@]2(C)[C@H]3C[C@@H](O)[C@@H]4[C@@H]5CC(C)(C)CC[C@]5(C(=O)OCC(F)(F)F)CC[C@@]4(C)[C@]3(C)CC[C@H]2C(C)(C)C1=O. The van der Waals surface area contributed by atoms with Gasteiger partial charge in [-0.2, -0.15) is 13.2 Å². The number of alkyl halides is 3. The van der Waals surface area contributed by atoms with Crippen LogP contribution in [0.5, 0.6) is 0 Å². The number of fused-ring (bicyclic) bond motifs is 7. The standard InChI is InChI=1S/C33H46F3NO4/c1-27(2)11-13-32(26(40)41-18-33(34,35)36)14-12-31(7)24(19(32)16-27)21(38)15-23-29(5)17-20(37-8)25(39)28(3,4)22(29)9-10-30(23,31)6/h17,19,21-24,38H,9-16,18H2,1-7H3/t19-,21+,22-,23+,24-,29-,30+,31+,32-/m0/s1. The van der Waals surface area contributed by atoms with Gasteiger partial charge >= 0.3 is 12.1 Å². The quantitative estimate of drug-likeness (QED) is 0.272. The van der Waals surface area contributed by atoms with Crippen molar-refractivity contribution >= 4 is 11.8 Å². The van der Waals surface area contributed by atoms with Gasteiger partial charge in [0.25, 0.3) is 0 Å². The van der Waals surface area contributed by atoms with E-state index < -0.39 is 41.1 Å². The van der Waals surface area contributed by atoms with Crippen molar-refractivity contribution < 1.29 is 32.6 Å². The molecule has 4 saturated carbocycles. The molecule has 0 aromatic rings. The van der Waals surface area contributed by atoms with Gasteiger partial charge in [0.05, 0.1) is 18.1 Å². The van der Waals surface area contributed by atoms with Crippen LogP contribution in [0.25, 0.3) is 4.85 Å². The molecule has 5 aliphatic rings. The van der Waals surface area contributed by atoms with Gasteiger partial charge in [0.2, 0.25) is 5.70 Å². The Hall–Kier alpha value is -1.88.